The number of likely N-dealkylation sites (N-methyl/N-ethyl adjacent to an activating group) is 1. The van der Waals surface area contributed by atoms with Gasteiger partial charge in [-0.2, -0.15) is 16.4 Å². The number of aromatic nitrogens is 6. The number of hydrogen-bond acceptors (Lipinski definition) is 7. The van der Waals surface area contributed by atoms with Crippen LogP contribution >= 0.6 is 11.3 Å². The van der Waals surface area contributed by atoms with E-state index in [0.717, 1.165) is 56.3 Å². The quantitative estimate of drug-likeness (QED) is 0.290. The molecule has 0 bridgehead atoms. The lowest BCUT2D eigenvalue weighted by Gasteiger charge is -2.14. The van der Waals surface area contributed by atoms with E-state index in [0.29, 0.717) is 17.2 Å². The second-order valence-corrected chi connectivity index (χ2v) is 9.84. The van der Waals surface area contributed by atoms with E-state index in [9.17, 15) is 0 Å². The van der Waals surface area contributed by atoms with Gasteiger partial charge in [-0.15, -0.1) is 0 Å². The molecule has 0 spiro atoms. The first kappa shape index (κ1) is 24.4. The molecule has 0 aromatic carbocycles. The minimum absolute atomic E-state index is 0.632. The number of imidazole rings is 1. The topological polar surface area (TPSA) is 98.4 Å². The predicted molar refractivity (Wildman–Crippen MR) is 153 cm³/mol. The molecule has 9 heteroatoms. The van der Waals surface area contributed by atoms with Crippen molar-refractivity contribution in [3.8, 4) is 22.6 Å². The molecule has 8 nitrogen and oxygen atoms in total. The van der Waals surface area contributed by atoms with Crippen LogP contribution in [0.1, 0.15) is 12.5 Å². The molecule has 0 saturated carbocycles. The van der Waals surface area contributed by atoms with Crippen molar-refractivity contribution in [3.63, 3.8) is 0 Å². The number of H-pyrrole nitrogens is 2. The van der Waals surface area contributed by atoms with Crippen molar-refractivity contribution < 1.29 is 0 Å². The Bertz CT molecular complexity index is 1710. The molecule has 0 aliphatic heterocycles. The van der Waals surface area contributed by atoms with Crippen LogP contribution in [0.2, 0.25) is 0 Å². The Balaban J connectivity index is 1.42. The number of nitrogens with one attached hydrogen (secondary N) is 3. The monoisotopic (exact) mass is 508 g/mol. The van der Waals surface area contributed by atoms with Crippen molar-refractivity contribution in [3.05, 3.63) is 82.0 Å². The Morgan fingerprint density at radius 2 is 2.11 bits per heavy atom. The maximum Gasteiger partial charge on any atom is 0.178 e. The van der Waals surface area contributed by atoms with Crippen LogP contribution < -0.4 is 15.9 Å². The summed E-state index contributed by atoms with van der Waals surface area (Å²) in [6, 6.07) is 6.14. The van der Waals surface area contributed by atoms with Gasteiger partial charge in [-0.1, -0.05) is 19.2 Å². The van der Waals surface area contributed by atoms with Crippen LogP contribution in [0.15, 0.2) is 65.9 Å². The smallest absolute Gasteiger partial charge is 0.178 e. The third-order valence-corrected chi connectivity index (χ3v) is 6.55. The fourth-order valence-corrected chi connectivity index (χ4v) is 4.70. The number of aromatic amines is 2. The molecule has 0 aliphatic rings. The molecule has 0 amide bonds. The highest BCUT2D eigenvalue weighted by atomic mass is 32.1. The number of pyridine rings is 2. The van der Waals surface area contributed by atoms with E-state index < -0.39 is 0 Å². The van der Waals surface area contributed by atoms with Gasteiger partial charge >= 0.3 is 0 Å². The normalized spacial score (nSPS) is 12.5. The summed E-state index contributed by atoms with van der Waals surface area (Å²) in [4.78, 5) is 19.0. The second-order valence-electron chi connectivity index (χ2n) is 9.06. The zero-order valence-electron chi connectivity index (χ0n) is 21.0. The summed E-state index contributed by atoms with van der Waals surface area (Å²) in [7, 11) is 4.02. The molecule has 0 atom stereocenters. The fourth-order valence-electron chi connectivity index (χ4n) is 4.05. The van der Waals surface area contributed by atoms with Gasteiger partial charge in [-0.25, -0.2) is 9.97 Å². The highest BCUT2D eigenvalue weighted by molar-refractivity contribution is 7.08. The molecular weight excluding hydrogens is 480 g/mol. The lowest BCUT2D eigenvalue weighted by atomic mass is 10.1. The third kappa shape index (κ3) is 5.28. The van der Waals surface area contributed by atoms with E-state index in [1.54, 1.807) is 23.7 Å². The van der Waals surface area contributed by atoms with Crippen LogP contribution in [-0.2, 0) is 0 Å². The lowest BCUT2D eigenvalue weighted by Crippen LogP contribution is -2.21. The molecule has 5 aromatic heterocycles. The molecule has 5 rings (SSSR count). The van der Waals surface area contributed by atoms with Crippen molar-refractivity contribution in [1.82, 2.24) is 35.0 Å². The van der Waals surface area contributed by atoms with Gasteiger partial charge in [0.1, 0.15) is 5.69 Å². The molecule has 37 heavy (non-hydrogen) atoms. The number of thiophene rings is 1. The van der Waals surface area contributed by atoms with E-state index in [4.69, 9.17) is 0 Å². The summed E-state index contributed by atoms with van der Waals surface area (Å²) in [5.74, 6) is 0.632. The van der Waals surface area contributed by atoms with Gasteiger partial charge in [-0.05, 0) is 72.8 Å². The molecule has 3 N–H and O–H groups in total. The van der Waals surface area contributed by atoms with E-state index >= 15 is 0 Å². The minimum atomic E-state index is 0.632. The Kier molecular flexibility index (Phi) is 6.80. The molecule has 0 fully saturated rings. The lowest BCUT2D eigenvalue weighted by molar-refractivity contribution is 0.447. The Morgan fingerprint density at radius 3 is 2.89 bits per heavy atom. The number of fused-ring (bicyclic) bond motifs is 1. The standard InChI is InChI=1S/C28H28N8S/c1-17(21-12-22(14-29-13-21)31-18(2)15-36(4)5)6-7-24-19(3)25(35-34-24)28-32-26-23(20-9-11-37-16-20)8-10-30-27(26)33-28/h6-14,16,31,34H,2-3,15H2,1,4-5H3,(H,30,32,33)/b17-6+,24-7+. The van der Waals surface area contributed by atoms with Crippen molar-refractivity contribution in [2.24, 2.45) is 0 Å². The molecule has 5 heterocycles. The van der Waals surface area contributed by atoms with Crippen molar-refractivity contribution in [1.29, 1.82) is 0 Å². The molecular formula is C28H28N8S. The van der Waals surface area contributed by atoms with E-state index in [-0.39, 0.29) is 0 Å². The van der Waals surface area contributed by atoms with Gasteiger partial charge in [-0.3, -0.25) is 10.1 Å². The largest absolute Gasteiger partial charge is 0.357 e. The first-order valence-corrected chi connectivity index (χ1v) is 12.7. The highest BCUT2D eigenvalue weighted by Crippen LogP contribution is 2.28. The maximum atomic E-state index is 4.68. The van der Waals surface area contributed by atoms with Gasteiger partial charge in [0.2, 0.25) is 0 Å². The summed E-state index contributed by atoms with van der Waals surface area (Å²) in [5.41, 5.74) is 8.27. The van der Waals surface area contributed by atoms with Crippen molar-refractivity contribution in [2.75, 3.05) is 26.0 Å². The molecule has 186 valence electrons. The SMILES string of the molecule is C=C(CN(C)C)Nc1cncc(/C(C)=C/C=c2/[nH]nc(-c3nc4nccc(-c5ccsc5)c4[nH]3)c2=C)c1. The Morgan fingerprint density at radius 1 is 1.24 bits per heavy atom. The zero-order valence-corrected chi connectivity index (χ0v) is 21.9. The number of allylic oxidation sites excluding steroid dienone is 2. The van der Waals surface area contributed by atoms with Crippen LogP contribution in [0.25, 0.3) is 52.0 Å². The van der Waals surface area contributed by atoms with Crippen molar-refractivity contribution in [2.45, 2.75) is 6.92 Å². The van der Waals surface area contributed by atoms with Crippen LogP contribution in [0.5, 0.6) is 0 Å². The molecule has 0 unspecified atom stereocenters. The Labute approximate surface area is 218 Å². The van der Waals surface area contributed by atoms with E-state index in [1.807, 2.05) is 45.4 Å². The van der Waals surface area contributed by atoms with Crippen LogP contribution in [0.4, 0.5) is 5.69 Å². The second kappa shape index (κ2) is 10.3. The first-order chi connectivity index (χ1) is 17.9. The number of hydrogen-bond donors (Lipinski definition) is 3. The molecule has 0 radical (unpaired) electrons. The van der Waals surface area contributed by atoms with Gasteiger partial charge in [0.05, 0.1) is 22.8 Å². The van der Waals surface area contributed by atoms with Crippen LogP contribution in [0, 0.1) is 0 Å². The summed E-state index contributed by atoms with van der Waals surface area (Å²) < 4.78 is 0. The Hall–Kier alpha value is -4.34. The van der Waals surface area contributed by atoms with Crippen LogP contribution in [-0.4, -0.2) is 55.7 Å². The van der Waals surface area contributed by atoms with Gasteiger partial charge < -0.3 is 15.2 Å². The maximum absolute atomic E-state index is 4.68. The summed E-state index contributed by atoms with van der Waals surface area (Å²) in [5, 5.41) is 16.6. The van der Waals surface area contributed by atoms with Crippen LogP contribution in [0.3, 0.4) is 0 Å². The zero-order chi connectivity index (χ0) is 25.9. The van der Waals surface area contributed by atoms with Gasteiger partial charge in [0.25, 0.3) is 0 Å². The van der Waals surface area contributed by atoms with Gasteiger partial charge in [0.15, 0.2) is 11.5 Å². The first-order valence-electron chi connectivity index (χ1n) is 11.7. The van der Waals surface area contributed by atoms with E-state index in [2.05, 4.69) is 76.4 Å². The average molecular weight is 509 g/mol. The average Bonchev–Trinajstić information content (AvgIpc) is 3.62. The molecule has 0 saturated heterocycles. The fraction of sp³-hybridized carbons (Fsp3) is 0.143. The minimum Gasteiger partial charge on any atom is -0.357 e. The summed E-state index contributed by atoms with van der Waals surface area (Å²) in [6.07, 6.45) is 9.41. The number of anilines is 1. The predicted octanol–water partition coefficient (Wildman–Crippen LogP) is 4.25. The highest BCUT2D eigenvalue weighted by Gasteiger charge is 2.14. The van der Waals surface area contributed by atoms with E-state index in [1.165, 1.54) is 0 Å². The third-order valence-electron chi connectivity index (χ3n) is 5.87. The summed E-state index contributed by atoms with van der Waals surface area (Å²) >= 11 is 1.66. The van der Waals surface area contributed by atoms with Gasteiger partial charge in [0, 0.05) is 35.4 Å². The molecule has 5 aromatic rings. The summed E-state index contributed by atoms with van der Waals surface area (Å²) in [6.45, 7) is 11.1. The number of rotatable bonds is 8. The molecule has 0 aliphatic carbocycles. The van der Waals surface area contributed by atoms with Crippen molar-refractivity contribution >= 4 is 46.4 Å². The number of nitrogens with zero attached hydrogens (tertiary/aromatic N) is 5.